The van der Waals surface area contributed by atoms with Gasteiger partial charge in [-0.25, -0.2) is 0 Å². The maximum atomic E-state index is 11.8. The molecule has 0 radical (unpaired) electrons. The molecule has 0 aromatic heterocycles. The zero-order valence-corrected chi connectivity index (χ0v) is 9.55. The van der Waals surface area contributed by atoms with Gasteiger partial charge in [0.25, 0.3) is 0 Å². The molecule has 2 rings (SSSR count). The topological polar surface area (TPSA) is 20.3 Å². The van der Waals surface area contributed by atoms with E-state index in [4.69, 9.17) is 11.6 Å². The number of benzene rings is 1. The highest BCUT2D eigenvalue weighted by atomic mass is 35.5. The normalized spacial score (nSPS) is 14.1. The van der Waals surface area contributed by atoms with E-state index >= 15 is 0 Å². The fourth-order valence-corrected chi connectivity index (χ4v) is 2.17. The monoisotopic (exact) mass is 223 g/mol. The van der Waals surface area contributed by atoms with Crippen LogP contribution in [0.2, 0.25) is 5.02 Å². The molecule has 15 heavy (non-hydrogen) atoms. The minimum Gasteiger partial charge on any atom is -0.312 e. The summed E-state index contributed by atoms with van der Waals surface area (Å²) in [5.74, 6) is 0.221. The van der Waals surface area contributed by atoms with E-state index in [2.05, 4.69) is 0 Å². The molecule has 0 N–H and O–H groups in total. The summed E-state index contributed by atoms with van der Waals surface area (Å²) in [6, 6.07) is 5.74. The predicted octanol–water partition coefficient (Wildman–Crippen LogP) is 3.03. The summed E-state index contributed by atoms with van der Waals surface area (Å²) < 4.78 is 0. The fourth-order valence-electron chi connectivity index (χ4n) is 1.98. The van der Waals surface area contributed by atoms with Crippen molar-refractivity contribution in [3.8, 4) is 0 Å². The van der Waals surface area contributed by atoms with Gasteiger partial charge in [-0.15, -0.1) is 0 Å². The van der Waals surface area contributed by atoms with E-state index in [1.807, 2.05) is 30.0 Å². The van der Waals surface area contributed by atoms with Crippen LogP contribution < -0.4 is 4.90 Å². The molecule has 3 heteroatoms. The van der Waals surface area contributed by atoms with E-state index in [0.29, 0.717) is 6.42 Å². The van der Waals surface area contributed by atoms with Gasteiger partial charge in [-0.2, -0.15) is 0 Å². The Balaban J connectivity index is 2.25. The van der Waals surface area contributed by atoms with Crippen LogP contribution in [0, 0.1) is 0 Å². The molecule has 80 valence electrons. The highest BCUT2D eigenvalue weighted by molar-refractivity contribution is 6.30. The molecule has 0 aliphatic carbocycles. The third-order valence-corrected chi connectivity index (χ3v) is 2.94. The lowest BCUT2D eigenvalue weighted by Gasteiger charge is -2.16. The first-order valence-electron chi connectivity index (χ1n) is 5.31. The summed E-state index contributed by atoms with van der Waals surface area (Å²) in [6.45, 7) is 2.82. The standard InChI is InChI=1S/C12H14ClNO/c1-2-3-12(15)14-7-6-9-8-10(13)4-5-11(9)14/h4-5,8H,2-3,6-7H2,1H3. The van der Waals surface area contributed by atoms with Crippen LogP contribution in [-0.4, -0.2) is 12.5 Å². The van der Waals surface area contributed by atoms with Gasteiger partial charge in [0.2, 0.25) is 5.91 Å². The number of halogens is 1. The van der Waals surface area contributed by atoms with Crippen molar-refractivity contribution in [2.75, 3.05) is 11.4 Å². The largest absolute Gasteiger partial charge is 0.312 e. The molecule has 1 aliphatic heterocycles. The van der Waals surface area contributed by atoms with Crippen molar-refractivity contribution >= 4 is 23.2 Å². The highest BCUT2D eigenvalue weighted by Gasteiger charge is 2.23. The van der Waals surface area contributed by atoms with Gasteiger partial charge in [-0.3, -0.25) is 4.79 Å². The Morgan fingerprint density at radius 2 is 2.33 bits per heavy atom. The molecule has 0 fully saturated rings. The van der Waals surface area contributed by atoms with Crippen molar-refractivity contribution in [1.29, 1.82) is 0 Å². The number of carbonyl (C=O) groups excluding carboxylic acids is 1. The van der Waals surface area contributed by atoms with Crippen LogP contribution >= 0.6 is 11.6 Å². The third-order valence-electron chi connectivity index (χ3n) is 2.70. The lowest BCUT2D eigenvalue weighted by Crippen LogP contribution is -2.28. The summed E-state index contributed by atoms with van der Waals surface area (Å²) in [5, 5.41) is 0.749. The van der Waals surface area contributed by atoms with Crippen LogP contribution in [0.15, 0.2) is 18.2 Å². The van der Waals surface area contributed by atoms with Gasteiger partial charge in [0.15, 0.2) is 0 Å². The number of anilines is 1. The van der Waals surface area contributed by atoms with Gasteiger partial charge in [0, 0.05) is 23.7 Å². The molecule has 0 saturated carbocycles. The van der Waals surface area contributed by atoms with Crippen LogP contribution in [0.1, 0.15) is 25.3 Å². The maximum absolute atomic E-state index is 11.8. The first-order chi connectivity index (χ1) is 7.22. The minimum absolute atomic E-state index is 0.221. The number of hydrogen-bond acceptors (Lipinski definition) is 1. The van der Waals surface area contributed by atoms with Gasteiger partial charge in [-0.1, -0.05) is 18.5 Å². The van der Waals surface area contributed by atoms with Crippen molar-refractivity contribution in [1.82, 2.24) is 0 Å². The third kappa shape index (κ3) is 2.00. The molecule has 1 aliphatic rings. The van der Waals surface area contributed by atoms with E-state index in [1.165, 1.54) is 5.56 Å². The highest BCUT2D eigenvalue weighted by Crippen LogP contribution is 2.30. The molecule has 1 heterocycles. The Labute approximate surface area is 94.8 Å². The number of fused-ring (bicyclic) bond motifs is 1. The average Bonchev–Trinajstić information content (AvgIpc) is 2.60. The smallest absolute Gasteiger partial charge is 0.226 e. The van der Waals surface area contributed by atoms with E-state index in [-0.39, 0.29) is 5.91 Å². The molecule has 1 aromatic carbocycles. The Morgan fingerprint density at radius 3 is 3.07 bits per heavy atom. The molecule has 0 atom stereocenters. The minimum atomic E-state index is 0.221. The summed E-state index contributed by atoms with van der Waals surface area (Å²) in [5.41, 5.74) is 2.23. The lowest BCUT2D eigenvalue weighted by molar-refractivity contribution is -0.118. The van der Waals surface area contributed by atoms with Crippen LogP contribution in [0.25, 0.3) is 0 Å². The molecule has 1 amide bonds. The molecular formula is C12H14ClNO. The summed E-state index contributed by atoms with van der Waals surface area (Å²) in [6.07, 6.45) is 2.45. The van der Waals surface area contributed by atoms with Crippen LogP contribution in [0.5, 0.6) is 0 Å². The molecule has 2 nitrogen and oxygen atoms in total. The lowest BCUT2D eigenvalue weighted by atomic mass is 10.2. The Bertz CT molecular complexity index is 389. The van der Waals surface area contributed by atoms with Crippen LogP contribution in [-0.2, 0) is 11.2 Å². The van der Waals surface area contributed by atoms with Crippen molar-refractivity contribution in [2.24, 2.45) is 0 Å². The number of hydrogen-bond donors (Lipinski definition) is 0. The van der Waals surface area contributed by atoms with Gasteiger partial charge < -0.3 is 4.90 Å². The van der Waals surface area contributed by atoms with Crippen molar-refractivity contribution in [3.63, 3.8) is 0 Å². The van der Waals surface area contributed by atoms with E-state index in [9.17, 15) is 4.79 Å². The number of carbonyl (C=O) groups is 1. The SMILES string of the molecule is CCCC(=O)N1CCc2cc(Cl)ccc21. The van der Waals surface area contributed by atoms with E-state index in [0.717, 1.165) is 30.1 Å². The van der Waals surface area contributed by atoms with E-state index in [1.54, 1.807) is 0 Å². The van der Waals surface area contributed by atoms with Crippen LogP contribution in [0.3, 0.4) is 0 Å². The van der Waals surface area contributed by atoms with Crippen molar-refractivity contribution in [2.45, 2.75) is 26.2 Å². The first-order valence-corrected chi connectivity index (χ1v) is 5.69. The fraction of sp³-hybridized carbons (Fsp3) is 0.417. The summed E-state index contributed by atoms with van der Waals surface area (Å²) in [4.78, 5) is 13.7. The predicted molar refractivity (Wildman–Crippen MR) is 62.4 cm³/mol. The van der Waals surface area contributed by atoms with Gasteiger partial charge >= 0.3 is 0 Å². The zero-order valence-electron chi connectivity index (χ0n) is 8.79. The first kappa shape index (κ1) is 10.5. The van der Waals surface area contributed by atoms with Crippen molar-refractivity contribution < 1.29 is 4.79 Å². The molecule has 0 spiro atoms. The Kier molecular flexibility index (Phi) is 2.96. The Morgan fingerprint density at radius 1 is 1.53 bits per heavy atom. The average molecular weight is 224 g/mol. The Hall–Kier alpha value is -1.02. The van der Waals surface area contributed by atoms with Crippen LogP contribution in [0.4, 0.5) is 5.69 Å². The molecule has 0 saturated heterocycles. The number of amides is 1. The van der Waals surface area contributed by atoms with Gasteiger partial charge in [0.05, 0.1) is 0 Å². The zero-order chi connectivity index (χ0) is 10.8. The second-order valence-electron chi connectivity index (χ2n) is 3.82. The van der Waals surface area contributed by atoms with E-state index < -0.39 is 0 Å². The van der Waals surface area contributed by atoms with Crippen molar-refractivity contribution in [3.05, 3.63) is 28.8 Å². The molecule has 0 unspecified atom stereocenters. The van der Waals surface area contributed by atoms with Gasteiger partial charge in [0.1, 0.15) is 0 Å². The maximum Gasteiger partial charge on any atom is 0.226 e. The quantitative estimate of drug-likeness (QED) is 0.755. The molecular weight excluding hydrogens is 210 g/mol. The number of rotatable bonds is 2. The second-order valence-corrected chi connectivity index (χ2v) is 4.25. The van der Waals surface area contributed by atoms with Gasteiger partial charge in [-0.05, 0) is 36.6 Å². The molecule has 1 aromatic rings. The summed E-state index contributed by atoms with van der Waals surface area (Å²) in [7, 11) is 0. The number of nitrogens with zero attached hydrogens (tertiary/aromatic N) is 1. The summed E-state index contributed by atoms with van der Waals surface area (Å²) >= 11 is 5.91. The molecule has 0 bridgehead atoms. The second kappa shape index (κ2) is 4.23.